The van der Waals surface area contributed by atoms with Gasteiger partial charge in [0.25, 0.3) is 0 Å². The molecule has 0 spiro atoms. The second-order valence-electron chi connectivity index (χ2n) is 5.22. The highest BCUT2D eigenvalue weighted by Gasteiger charge is 2.16. The van der Waals surface area contributed by atoms with E-state index in [9.17, 15) is 0 Å². The minimum absolute atomic E-state index is 0.124. The molecule has 0 aliphatic carbocycles. The molecule has 21 heavy (non-hydrogen) atoms. The van der Waals surface area contributed by atoms with Crippen molar-refractivity contribution < 1.29 is 4.42 Å². The van der Waals surface area contributed by atoms with E-state index < -0.39 is 0 Å². The highest BCUT2D eigenvalue weighted by atomic mass is 16.3. The van der Waals surface area contributed by atoms with Crippen molar-refractivity contribution >= 4 is 11.0 Å². The van der Waals surface area contributed by atoms with Gasteiger partial charge in [-0.25, -0.2) is 0 Å². The molecule has 0 fully saturated rings. The lowest BCUT2D eigenvalue weighted by Gasteiger charge is -2.12. The summed E-state index contributed by atoms with van der Waals surface area (Å²) in [6.07, 6.45) is 1.76. The molecular weight excluding hydrogens is 264 g/mol. The number of rotatable bonds is 5. The number of hydrogen-bond donors (Lipinski definition) is 1. The number of hydrogen-bond acceptors (Lipinski definition) is 4. The van der Waals surface area contributed by atoms with Crippen LogP contribution in [0.25, 0.3) is 11.0 Å². The summed E-state index contributed by atoms with van der Waals surface area (Å²) in [5, 5.41) is 12.7. The Labute approximate surface area is 124 Å². The molecule has 1 aromatic carbocycles. The van der Waals surface area contributed by atoms with E-state index in [-0.39, 0.29) is 6.04 Å². The third-order valence-corrected chi connectivity index (χ3v) is 3.88. The molecule has 1 N–H and O–H groups in total. The minimum Gasteiger partial charge on any atom is -0.459 e. The molecule has 110 valence electrons. The van der Waals surface area contributed by atoms with Crippen molar-refractivity contribution in [1.82, 2.24) is 20.1 Å². The first kappa shape index (κ1) is 13.8. The van der Waals surface area contributed by atoms with Crippen molar-refractivity contribution in [3.63, 3.8) is 0 Å². The van der Waals surface area contributed by atoms with Crippen LogP contribution in [0, 0.1) is 6.92 Å². The van der Waals surface area contributed by atoms with Gasteiger partial charge in [0, 0.05) is 11.9 Å². The third-order valence-electron chi connectivity index (χ3n) is 3.88. The zero-order valence-corrected chi connectivity index (χ0v) is 12.6. The molecule has 0 bridgehead atoms. The number of nitrogens with zero attached hydrogens (tertiary/aromatic N) is 3. The average Bonchev–Trinajstić information content (AvgIpc) is 3.09. The van der Waals surface area contributed by atoms with E-state index in [1.54, 1.807) is 6.33 Å². The van der Waals surface area contributed by atoms with Gasteiger partial charge >= 0.3 is 0 Å². The van der Waals surface area contributed by atoms with Gasteiger partial charge in [0.15, 0.2) is 0 Å². The Kier molecular flexibility index (Phi) is 3.75. The van der Waals surface area contributed by atoms with Crippen LogP contribution in [0.5, 0.6) is 0 Å². The number of aromatic nitrogens is 3. The highest BCUT2D eigenvalue weighted by Crippen LogP contribution is 2.29. The monoisotopic (exact) mass is 284 g/mol. The molecule has 0 saturated carbocycles. The maximum absolute atomic E-state index is 5.98. The lowest BCUT2D eigenvalue weighted by atomic mass is 10.1. The summed E-state index contributed by atoms with van der Waals surface area (Å²) in [5.41, 5.74) is 2.14. The van der Waals surface area contributed by atoms with E-state index in [2.05, 4.69) is 42.4 Å². The van der Waals surface area contributed by atoms with Gasteiger partial charge in [-0.15, -0.1) is 10.2 Å². The normalized spacial score (nSPS) is 12.9. The topological polar surface area (TPSA) is 55.9 Å². The fourth-order valence-electron chi connectivity index (χ4n) is 2.62. The van der Waals surface area contributed by atoms with Crippen LogP contribution in [0.1, 0.15) is 37.0 Å². The van der Waals surface area contributed by atoms with Gasteiger partial charge in [0.1, 0.15) is 23.5 Å². The molecule has 0 amide bonds. The number of fused-ring (bicyclic) bond motifs is 1. The van der Waals surface area contributed by atoms with Crippen molar-refractivity contribution in [1.29, 1.82) is 0 Å². The Bertz CT molecular complexity index is 744. The molecule has 2 aromatic heterocycles. The Balaban J connectivity index is 1.78. The molecule has 0 aliphatic heterocycles. The number of aryl methyl sites for hydroxylation is 2. The van der Waals surface area contributed by atoms with E-state index in [4.69, 9.17) is 4.42 Å². The summed E-state index contributed by atoms with van der Waals surface area (Å²) in [4.78, 5) is 0. The third kappa shape index (κ3) is 2.56. The van der Waals surface area contributed by atoms with Gasteiger partial charge in [-0.2, -0.15) is 0 Å². The smallest absolute Gasteiger partial charge is 0.146 e. The number of benzene rings is 1. The molecular formula is C16H20N4O. The van der Waals surface area contributed by atoms with E-state index in [0.717, 1.165) is 23.7 Å². The summed E-state index contributed by atoms with van der Waals surface area (Å²) >= 11 is 0. The largest absolute Gasteiger partial charge is 0.459 e. The molecule has 5 nitrogen and oxygen atoms in total. The Hall–Kier alpha value is -2.14. The van der Waals surface area contributed by atoms with Gasteiger partial charge in [0.05, 0.1) is 12.6 Å². The molecule has 3 aromatic rings. The first-order chi connectivity index (χ1) is 10.2. The van der Waals surface area contributed by atoms with Crippen molar-refractivity contribution in [3.05, 3.63) is 47.7 Å². The first-order valence-electron chi connectivity index (χ1n) is 7.28. The standard InChI is InChI=1S/C16H20N4O/c1-4-20-10-18-19-15(20)9-17-12(3)16-11(2)13-7-5-6-8-14(13)21-16/h5-8,10,12,17H,4,9H2,1-3H3. The van der Waals surface area contributed by atoms with Crippen LogP contribution in [0.15, 0.2) is 35.0 Å². The van der Waals surface area contributed by atoms with Crippen LogP contribution < -0.4 is 5.32 Å². The Morgan fingerprint density at radius 3 is 2.90 bits per heavy atom. The van der Waals surface area contributed by atoms with Crippen molar-refractivity contribution in [3.8, 4) is 0 Å². The Morgan fingerprint density at radius 2 is 2.14 bits per heavy atom. The maximum Gasteiger partial charge on any atom is 0.146 e. The highest BCUT2D eigenvalue weighted by molar-refractivity contribution is 5.82. The van der Waals surface area contributed by atoms with Crippen LogP contribution in [0.3, 0.4) is 0 Å². The lowest BCUT2D eigenvalue weighted by Crippen LogP contribution is -2.20. The van der Waals surface area contributed by atoms with Crippen molar-refractivity contribution in [2.75, 3.05) is 0 Å². The molecule has 1 atom stereocenters. The van der Waals surface area contributed by atoms with E-state index in [1.165, 1.54) is 10.9 Å². The number of furan rings is 1. The van der Waals surface area contributed by atoms with Crippen molar-refractivity contribution in [2.45, 2.75) is 39.9 Å². The van der Waals surface area contributed by atoms with E-state index >= 15 is 0 Å². The van der Waals surface area contributed by atoms with Crippen LogP contribution >= 0.6 is 0 Å². The van der Waals surface area contributed by atoms with E-state index in [1.807, 2.05) is 22.8 Å². The minimum atomic E-state index is 0.124. The predicted octanol–water partition coefficient (Wildman–Crippen LogP) is 3.20. The average molecular weight is 284 g/mol. The molecule has 2 heterocycles. The Morgan fingerprint density at radius 1 is 1.33 bits per heavy atom. The van der Waals surface area contributed by atoms with Gasteiger partial charge in [0.2, 0.25) is 0 Å². The zero-order valence-electron chi connectivity index (χ0n) is 12.6. The van der Waals surface area contributed by atoms with Crippen LogP contribution in [0.2, 0.25) is 0 Å². The number of nitrogens with one attached hydrogen (secondary N) is 1. The number of para-hydroxylation sites is 1. The second-order valence-corrected chi connectivity index (χ2v) is 5.22. The molecule has 1 unspecified atom stereocenters. The zero-order chi connectivity index (χ0) is 14.8. The summed E-state index contributed by atoms with van der Waals surface area (Å²) in [6.45, 7) is 7.85. The van der Waals surface area contributed by atoms with Crippen LogP contribution in [-0.4, -0.2) is 14.8 Å². The van der Waals surface area contributed by atoms with Gasteiger partial charge in [-0.05, 0) is 32.4 Å². The summed E-state index contributed by atoms with van der Waals surface area (Å²) in [7, 11) is 0. The first-order valence-corrected chi connectivity index (χ1v) is 7.28. The predicted molar refractivity (Wildman–Crippen MR) is 81.9 cm³/mol. The van der Waals surface area contributed by atoms with E-state index in [0.29, 0.717) is 6.54 Å². The summed E-state index contributed by atoms with van der Waals surface area (Å²) in [6, 6.07) is 8.26. The second kappa shape index (κ2) is 5.69. The molecule has 3 rings (SSSR count). The molecule has 5 heteroatoms. The SMILES string of the molecule is CCn1cnnc1CNC(C)c1oc2ccccc2c1C. The van der Waals surface area contributed by atoms with Crippen molar-refractivity contribution in [2.24, 2.45) is 0 Å². The summed E-state index contributed by atoms with van der Waals surface area (Å²) < 4.78 is 8.01. The van der Waals surface area contributed by atoms with Gasteiger partial charge < -0.3 is 14.3 Å². The quantitative estimate of drug-likeness (QED) is 0.781. The van der Waals surface area contributed by atoms with Gasteiger partial charge in [-0.3, -0.25) is 0 Å². The molecule has 0 radical (unpaired) electrons. The molecule has 0 saturated heterocycles. The van der Waals surface area contributed by atoms with Gasteiger partial charge in [-0.1, -0.05) is 18.2 Å². The summed E-state index contributed by atoms with van der Waals surface area (Å²) in [5.74, 6) is 1.93. The fraction of sp³-hybridized carbons (Fsp3) is 0.375. The maximum atomic E-state index is 5.98. The lowest BCUT2D eigenvalue weighted by molar-refractivity contribution is 0.439. The fourth-order valence-corrected chi connectivity index (χ4v) is 2.62. The van der Waals surface area contributed by atoms with Crippen LogP contribution in [0.4, 0.5) is 0 Å². The molecule has 0 aliphatic rings. The van der Waals surface area contributed by atoms with Crippen LogP contribution in [-0.2, 0) is 13.1 Å².